The van der Waals surface area contributed by atoms with E-state index in [4.69, 9.17) is 9.47 Å². The van der Waals surface area contributed by atoms with Crippen molar-refractivity contribution in [2.45, 2.75) is 38.1 Å². The molecule has 6 heteroatoms. The Hall–Kier alpha value is -0.720. The van der Waals surface area contributed by atoms with Gasteiger partial charge in [-0.25, -0.2) is 8.78 Å². The summed E-state index contributed by atoms with van der Waals surface area (Å²) in [6, 6.07) is 1.90. The molecule has 1 fully saturated rings. The van der Waals surface area contributed by atoms with Crippen molar-refractivity contribution >= 4 is 15.9 Å². The van der Waals surface area contributed by atoms with E-state index in [1.807, 2.05) is 6.92 Å². The molecule has 0 bridgehead atoms. The van der Waals surface area contributed by atoms with Crippen LogP contribution in [-0.4, -0.2) is 30.0 Å². The summed E-state index contributed by atoms with van der Waals surface area (Å²) in [5.41, 5.74) is 0. The molecule has 0 aliphatic heterocycles. The largest absolute Gasteiger partial charge is 0.483 e. The third-order valence-corrected chi connectivity index (χ3v) is 3.56. The van der Waals surface area contributed by atoms with E-state index >= 15 is 0 Å². The number of halogens is 3. The van der Waals surface area contributed by atoms with Crippen molar-refractivity contribution in [1.82, 2.24) is 0 Å². The molecule has 0 heterocycles. The maximum absolute atomic E-state index is 13.6. The number of aliphatic hydroxyl groups is 1. The van der Waals surface area contributed by atoms with E-state index in [1.165, 1.54) is 0 Å². The summed E-state index contributed by atoms with van der Waals surface area (Å²) in [4.78, 5) is 0. The Labute approximate surface area is 118 Å². The molecule has 19 heavy (non-hydrogen) atoms. The van der Waals surface area contributed by atoms with E-state index in [1.54, 1.807) is 0 Å². The van der Waals surface area contributed by atoms with Crippen LogP contribution in [0.5, 0.6) is 5.75 Å². The Balaban J connectivity index is 2.05. The van der Waals surface area contributed by atoms with Crippen LogP contribution in [0.25, 0.3) is 0 Å². The van der Waals surface area contributed by atoms with E-state index in [2.05, 4.69) is 15.9 Å². The van der Waals surface area contributed by atoms with E-state index in [-0.39, 0.29) is 10.2 Å². The van der Waals surface area contributed by atoms with Gasteiger partial charge in [-0.3, -0.25) is 0 Å². The zero-order chi connectivity index (χ0) is 14.0. The molecule has 3 atom stereocenters. The lowest BCUT2D eigenvalue weighted by Crippen LogP contribution is -2.55. The van der Waals surface area contributed by atoms with Gasteiger partial charge in [0.05, 0.1) is 10.6 Å². The van der Waals surface area contributed by atoms with Gasteiger partial charge >= 0.3 is 0 Å². The first-order valence-corrected chi connectivity index (χ1v) is 6.93. The smallest absolute Gasteiger partial charge is 0.169 e. The molecule has 3 nitrogen and oxygen atoms in total. The second-order valence-corrected chi connectivity index (χ2v) is 5.35. The highest BCUT2D eigenvalue weighted by molar-refractivity contribution is 9.10. The maximum Gasteiger partial charge on any atom is 0.169 e. The first kappa shape index (κ1) is 14.7. The normalized spacial score (nSPS) is 26.1. The van der Waals surface area contributed by atoms with Gasteiger partial charge in [0.1, 0.15) is 18.0 Å². The van der Waals surface area contributed by atoms with Crippen LogP contribution in [0.15, 0.2) is 16.6 Å². The van der Waals surface area contributed by atoms with Crippen LogP contribution in [0, 0.1) is 11.6 Å². The second-order valence-electron chi connectivity index (χ2n) is 4.49. The molecular weight excluding hydrogens is 322 g/mol. The minimum absolute atomic E-state index is 0.0524. The molecule has 2 rings (SSSR count). The van der Waals surface area contributed by atoms with Gasteiger partial charge in [0.25, 0.3) is 0 Å². The molecule has 0 radical (unpaired) electrons. The van der Waals surface area contributed by atoms with Crippen LogP contribution < -0.4 is 4.74 Å². The molecule has 1 aromatic carbocycles. The summed E-state index contributed by atoms with van der Waals surface area (Å²) in [6.45, 7) is 2.46. The lowest BCUT2D eigenvalue weighted by molar-refractivity contribution is -0.163. The molecule has 0 saturated heterocycles. The first-order valence-electron chi connectivity index (χ1n) is 6.13. The summed E-state index contributed by atoms with van der Waals surface area (Å²) in [5, 5.41) is 9.60. The Morgan fingerprint density at radius 3 is 2.74 bits per heavy atom. The zero-order valence-corrected chi connectivity index (χ0v) is 12.0. The molecule has 0 amide bonds. The van der Waals surface area contributed by atoms with Crippen LogP contribution in [0.3, 0.4) is 0 Å². The Morgan fingerprint density at radius 2 is 2.16 bits per heavy atom. The molecule has 1 aliphatic rings. The highest BCUT2D eigenvalue weighted by atomic mass is 79.9. The molecule has 3 unspecified atom stereocenters. The van der Waals surface area contributed by atoms with Gasteiger partial charge < -0.3 is 14.6 Å². The average Bonchev–Trinajstić information content (AvgIpc) is 2.32. The fourth-order valence-corrected chi connectivity index (χ4v) is 2.44. The minimum atomic E-state index is -0.775. The summed E-state index contributed by atoms with van der Waals surface area (Å²) < 4.78 is 37.7. The molecule has 1 N–H and O–H groups in total. The Kier molecular flexibility index (Phi) is 4.76. The van der Waals surface area contributed by atoms with Gasteiger partial charge in [-0.1, -0.05) is 6.92 Å². The fraction of sp³-hybridized carbons (Fsp3) is 0.538. The van der Waals surface area contributed by atoms with Crippen LogP contribution >= 0.6 is 15.9 Å². The van der Waals surface area contributed by atoms with E-state index in [9.17, 15) is 13.9 Å². The summed E-state index contributed by atoms with van der Waals surface area (Å²) in [7, 11) is 0. The van der Waals surface area contributed by atoms with Gasteiger partial charge in [-0.15, -0.1) is 0 Å². The SMILES string of the molecule is CCCOC1C(O)CC1Oc1c(F)cc(F)cc1Br. The highest BCUT2D eigenvalue weighted by Crippen LogP contribution is 2.35. The lowest BCUT2D eigenvalue weighted by Gasteiger charge is -2.40. The third kappa shape index (κ3) is 3.24. The van der Waals surface area contributed by atoms with Crippen molar-refractivity contribution in [3.05, 3.63) is 28.2 Å². The predicted octanol–water partition coefficient (Wildman–Crippen LogP) is 3.03. The van der Waals surface area contributed by atoms with E-state index in [0.717, 1.165) is 18.6 Å². The van der Waals surface area contributed by atoms with Gasteiger partial charge in [0.15, 0.2) is 11.6 Å². The minimum Gasteiger partial charge on any atom is -0.483 e. The maximum atomic E-state index is 13.6. The van der Waals surface area contributed by atoms with Crippen molar-refractivity contribution in [2.24, 2.45) is 0 Å². The average molecular weight is 337 g/mol. The number of hydrogen-bond acceptors (Lipinski definition) is 3. The van der Waals surface area contributed by atoms with Crippen LogP contribution in [0.4, 0.5) is 8.78 Å². The predicted molar refractivity (Wildman–Crippen MR) is 69.1 cm³/mol. The van der Waals surface area contributed by atoms with Gasteiger partial charge in [-0.05, 0) is 28.4 Å². The third-order valence-electron chi connectivity index (χ3n) is 2.97. The molecule has 1 aromatic rings. The molecule has 106 valence electrons. The summed E-state index contributed by atoms with van der Waals surface area (Å²) in [6.07, 6.45) is -0.282. The van der Waals surface area contributed by atoms with Crippen molar-refractivity contribution in [3.63, 3.8) is 0 Å². The fourth-order valence-electron chi connectivity index (χ4n) is 1.94. The summed E-state index contributed by atoms with van der Waals surface area (Å²) >= 11 is 3.06. The standard InChI is InChI=1S/C13H15BrF2O3/c1-2-3-18-13-10(17)6-11(13)19-12-8(14)4-7(15)5-9(12)16/h4-5,10-11,13,17H,2-3,6H2,1H3. The van der Waals surface area contributed by atoms with Crippen LogP contribution in [0.2, 0.25) is 0 Å². The van der Waals surface area contributed by atoms with Crippen LogP contribution in [-0.2, 0) is 4.74 Å². The molecule has 1 saturated carbocycles. The van der Waals surface area contributed by atoms with E-state index in [0.29, 0.717) is 13.0 Å². The monoisotopic (exact) mass is 336 g/mol. The van der Waals surface area contributed by atoms with Gasteiger partial charge in [-0.2, -0.15) is 0 Å². The quantitative estimate of drug-likeness (QED) is 0.898. The van der Waals surface area contributed by atoms with Gasteiger partial charge in [0.2, 0.25) is 0 Å². The van der Waals surface area contributed by atoms with Crippen LogP contribution in [0.1, 0.15) is 19.8 Å². The topological polar surface area (TPSA) is 38.7 Å². The van der Waals surface area contributed by atoms with E-state index < -0.39 is 29.9 Å². The van der Waals surface area contributed by atoms with Gasteiger partial charge in [0, 0.05) is 19.1 Å². The molecular formula is C13H15BrF2O3. The molecule has 0 aromatic heterocycles. The number of hydrogen-bond donors (Lipinski definition) is 1. The first-order chi connectivity index (χ1) is 9.02. The second kappa shape index (κ2) is 6.15. The van der Waals surface area contributed by atoms with Crippen molar-refractivity contribution in [3.8, 4) is 5.75 Å². The number of aliphatic hydroxyl groups excluding tert-OH is 1. The Bertz CT molecular complexity index is 433. The zero-order valence-electron chi connectivity index (χ0n) is 10.4. The van der Waals surface area contributed by atoms with Crippen molar-refractivity contribution in [1.29, 1.82) is 0 Å². The Morgan fingerprint density at radius 1 is 1.42 bits per heavy atom. The van der Waals surface area contributed by atoms with Crippen molar-refractivity contribution < 1.29 is 23.4 Å². The molecule has 0 spiro atoms. The number of rotatable bonds is 5. The molecule has 1 aliphatic carbocycles. The highest BCUT2D eigenvalue weighted by Gasteiger charge is 2.43. The summed E-state index contributed by atoms with van der Waals surface area (Å²) in [5.74, 6) is -1.50. The number of benzene rings is 1. The van der Waals surface area contributed by atoms with Crippen molar-refractivity contribution in [2.75, 3.05) is 6.61 Å². The number of ether oxygens (including phenoxy) is 2. The lowest BCUT2D eigenvalue weighted by atomic mass is 9.88.